The molecule has 33 heavy (non-hydrogen) atoms. The zero-order valence-corrected chi connectivity index (χ0v) is 18.6. The van der Waals surface area contributed by atoms with Gasteiger partial charge in [-0.1, -0.05) is 62.8 Å². The Labute approximate surface area is 193 Å². The summed E-state index contributed by atoms with van der Waals surface area (Å²) in [6.07, 6.45) is 7.99. The van der Waals surface area contributed by atoms with Gasteiger partial charge in [0.15, 0.2) is 0 Å². The van der Waals surface area contributed by atoms with Crippen molar-refractivity contribution in [3.63, 3.8) is 0 Å². The highest BCUT2D eigenvalue weighted by atomic mass is 16.6. The number of rotatable bonds is 13. The summed E-state index contributed by atoms with van der Waals surface area (Å²) in [7, 11) is 0. The van der Waals surface area contributed by atoms with E-state index in [0.717, 1.165) is 51.4 Å². The third kappa shape index (κ3) is 6.47. The lowest BCUT2D eigenvalue weighted by molar-refractivity contribution is -0.383. The van der Waals surface area contributed by atoms with Crippen molar-refractivity contribution in [2.45, 2.75) is 57.8 Å². The van der Waals surface area contributed by atoms with Crippen LogP contribution in [0, 0.1) is 10.1 Å². The Hall–Kier alpha value is -3.55. The number of nitrogens with zero attached hydrogens (tertiary/aromatic N) is 2. The summed E-state index contributed by atoms with van der Waals surface area (Å²) >= 11 is 0. The number of hydrogen-bond acceptors (Lipinski definition) is 5. The molecule has 0 unspecified atom stereocenters. The Morgan fingerprint density at radius 2 is 1.30 bits per heavy atom. The number of para-hydroxylation sites is 2. The molecular weight excluding hydrogens is 422 g/mol. The van der Waals surface area contributed by atoms with Gasteiger partial charge in [0.1, 0.15) is 5.69 Å². The molecule has 1 N–H and O–H groups in total. The average Bonchev–Trinajstić information content (AvgIpc) is 3.05. The fourth-order valence-corrected chi connectivity index (χ4v) is 4.01. The highest BCUT2D eigenvalue weighted by Gasteiger charge is 2.34. The first-order valence-electron chi connectivity index (χ1n) is 11.5. The number of carbonyl (C=O) groups excluding carboxylic acids is 3. The van der Waals surface area contributed by atoms with Gasteiger partial charge in [0.05, 0.1) is 16.1 Å². The van der Waals surface area contributed by atoms with Crippen LogP contribution in [0.3, 0.4) is 0 Å². The monoisotopic (exact) mass is 451 g/mol. The Morgan fingerprint density at radius 3 is 1.91 bits per heavy atom. The topological polar surface area (TPSA) is 110 Å². The largest absolute Gasteiger partial charge is 0.320 e. The number of nitro groups is 1. The van der Waals surface area contributed by atoms with Crippen molar-refractivity contribution in [1.29, 1.82) is 0 Å². The molecular formula is C25H29N3O5. The summed E-state index contributed by atoms with van der Waals surface area (Å²) in [5.74, 6) is -0.597. The normalized spacial score (nSPS) is 12.7. The molecule has 1 aliphatic heterocycles. The van der Waals surface area contributed by atoms with Crippen LogP contribution in [0.5, 0.6) is 0 Å². The third-order valence-electron chi connectivity index (χ3n) is 5.79. The van der Waals surface area contributed by atoms with E-state index in [-0.39, 0.29) is 29.1 Å². The second-order valence-electron chi connectivity index (χ2n) is 8.21. The molecule has 0 bridgehead atoms. The standard InChI is InChI=1S/C25H29N3O5/c29-23(26-21-15-10-11-16-22(21)28(32)33)17-7-5-3-1-2-4-6-12-18-27-24(30)19-13-8-9-14-20(19)25(27)31/h8-11,13-16H,1-7,12,17-18H2,(H,26,29). The number of hydrogen-bond donors (Lipinski definition) is 1. The van der Waals surface area contributed by atoms with E-state index in [0.29, 0.717) is 24.1 Å². The third-order valence-corrected chi connectivity index (χ3v) is 5.79. The SMILES string of the molecule is O=C(CCCCCCCCCCN1C(=O)c2ccccc2C1=O)Nc1ccccc1[N+](=O)[O-]. The number of anilines is 1. The van der Waals surface area contributed by atoms with Crippen LogP contribution in [0.25, 0.3) is 0 Å². The van der Waals surface area contributed by atoms with E-state index in [1.807, 2.05) is 0 Å². The van der Waals surface area contributed by atoms with E-state index in [2.05, 4.69) is 5.32 Å². The van der Waals surface area contributed by atoms with Crippen LogP contribution in [-0.2, 0) is 4.79 Å². The van der Waals surface area contributed by atoms with Gasteiger partial charge in [-0.05, 0) is 31.0 Å². The molecule has 0 spiro atoms. The molecule has 0 radical (unpaired) electrons. The molecule has 3 rings (SSSR count). The first kappa shape index (κ1) is 24.1. The lowest BCUT2D eigenvalue weighted by Gasteiger charge is -2.13. The number of nitro benzene ring substituents is 1. The summed E-state index contributed by atoms with van der Waals surface area (Å²) in [6, 6.07) is 13.1. The number of carbonyl (C=O) groups is 3. The Kier molecular flexibility index (Phi) is 8.69. The molecule has 1 aliphatic rings. The highest BCUT2D eigenvalue weighted by molar-refractivity contribution is 6.21. The highest BCUT2D eigenvalue weighted by Crippen LogP contribution is 2.24. The van der Waals surface area contributed by atoms with E-state index >= 15 is 0 Å². The summed E-state index contributed by atoms with van der Waals surface area (Å²) in [5, 5.41) is 13.6. The lowest BCUT2D eigenvalue weighted by atomic mass is 10.1. The predicted octanol–water partition coefficient (Wildman–Crippen LogP) is 5.34. The molecule has 0 aliphatic carbocycles. The smallest absolute Gasteiger partial charge is 0.292 e. The van der Waals surface area contributed by atoms with Crippen LogP contribution in [-0.4, -0.2) is 34.1 Å². The number of nitrogens with one attached hydrogen (secondary N) is 1. The molecule has 2 aromatic rings. The van der Waals surface area contributed by atoms with Crippen LogP contribution >= 0.6 is 0 Å². The van der Waals surface area contributed by atoms with Gasteiger partial charge in [0.25, 0.3) is 17.5 Å². The van der Waals surface area contributed by atoms with Crippen LogP contribution in [0.2, 0.25) is 0 Å². The Bertz CT molecular complexity index is 986. The molecule has 0 atom stereocenters. The van der Waals surface area contributed by atoms with Gasteiger partial charge in [0.2, 0.25) is 5.91 Å². The Balaban J connectivity index is 1.21. The van der Waals surface area contributed by atoms with Crippen molar-refractivity contribution >= 4 is 29.1 Å². The molecule has 2 aromatic carbocycles. The Morgan fingerprint density at radius 1 is 0.788 bits per heavy atom. The maximum Gasteiger partial charge on any atom is 0.292 e. The molecule has 0 saturated carbocycles. The average molecular weight is 452 g/mol. The second-order valence-corrected chi connectivity index (χ2v) is 8.21. The van der Waals surface area contributed by atoms with Gasteiger partial charge in [-0.25, -0.2) is 0 Å². The minimum atomic E-state index is -0.505. The van der Waals surface area contributed by atoms with E-state index in [9.17, 15) is 24.5 Å². The maximum atomic E-state index is 12.3. The molecule has 0 saturated heterocycles. The lowest BCUT2D eigenvalue weighted by Crippen LogP contribution is -2.30. The number of imide groups is 1. The van der Waals surface area contributed by atoms with E-state index < -0.39 is 4.92 Å². The second kappa shape index (κ2) is 11.9. The number of benzene rings is 2. The summed E-state index contributed by atoms with van der Waals surface area (Å²) in [4.78, 5) is 48.5. The summed E-state index contributed by atoms with van der Waals surface area (Å²) < 4.78 is 0. The van der Waals surface area contributed by atoms with Crippen molar-refractivity contribution in [2.24, 2.45) is 0 Å². The summed E-state index contributed by atoms with van der Waals surface area (Å²) in [5.41, 5.74) is 1.12. The van der Waals surface area contributed by atoms with E-state index in [1.165, 1.54) is 17.0 Å². The fraction of sp³-hybridized carbons (Fsp3) is 0.400. The first-order valence-corrected chi connectivity index (χ1v) is 11.5. The molecule has 1 heterocycles. The molecule has 8 heteroatoms. The zero-order chi connectivity index (χ0) is 23.6. The molecule has 3 amide bonds. The van der Waals surface area contributed by atoms with Crippen molar-refractivity contribution in [1.82, 2.24) is 4.90 Å². The van der Waals surface area contributed by atoms with E-state index in [1.54, 1.807) is 36.4 Å². The number of amides is 3. The van der Waals surface area contributed by atoms with Gasteiger partial charge in [-0.15, -0.1) is 0 Å². The number of fused-ring (bicyclic) bond motifs is 1. The minimum Gasteiger partial charge on any atom is -0.320 e. The van der Waals surface area contributed by atoms with Crippen molar-refractivity contribution in [3.8, 4) is 0 Å². The van der Waals surface area contributed by atoms with Crippen LogP contribution < -0.4 is 5.32 Å². The van der Waals surface area contributed by atoms with Crippen molar-refractivity contribution < 1.29 is 19.3 Å². The summed E-state index contributed by atoms with van der Waals surface area (Å²) in [6.45, 7) is 0.459. The van der Waals surface area contributed by atoms with Gasteiger partial charge < -0.3 is 5.32 Å². The van der Waals surface area contributed by atoms with Crippen molar-refractivity contribution in [3.05, 3.63) is 69.8 Å². The maximum absolute atomic E-state index is 12.3. The molecule has 174 valence electrons. The first-order chi connectivity index (χ1) is 16.0. The van der Waals surface area contributed by atoms with Crippen LogP contribution in [0.4, 0.5) is 11.4 Å². The molecule has 0 aromatic heterocycles. The minimum absolute atomic E-state index is 0.103. The van der Waals surface area contributed by atoms with Gasteiger partial charge >= 0.3 is 0 Å². The quantitative estimate of drug-likeness (QED) is 0.191. The van der Waals surface area contributed by atoms with Gasteiger partial charge in [-0.2, -0.15) is 0 Å². The van der Waals surface area contributed by atoms with Crippen LogP contribution in [0.15, 0.2) is 48.5 Å². The predicted molar refractivity (Wildman–Crippen MR) is 125 cm³/mol. The van der Waals surface area contributed by atoms with Crippen LogP contribution in [0.1, 0.15) is 78.5 Å². The van der Waals surface area contributed by atoms with Crippen molar-refractivity contribution in [2.75, 3.05) is 11.9 Å². The van der Waals surface area contributed by atoms with E-state index in [4.69, 9.17) is 0 Å². The molecule has 0 fully saturated rings. The number of unbranched alkanes of at least 4 members (excludes halogenated alkanes) is 7. The van der Waals surface area contributed by atoms with Gasteiger partial charge in [-0.3, -0.25) is 29.4 Å². The zero-order valence-electron chi connectivity index (χ0n) is 18.6. The fourth-order valence-electron chi connectivity index (χ4n) is 4.01. The molecule has 8 nitrogen and oxygen atoms in total. The van der Waals surface area contributed by atoms with Gasteiger partial charge in [0, 0.05) is 19.0 Å².